The summed E-state index contributed by atoms with van der Waals surface area (Å²) in [7, 11) is 0. The molecule has 0 heterocycles. The van der Waals surface area contributed by atoms with Crippen molar-refractivity contribution in [2.24, 2.45) is 5.16 Å². The fourth-order valence-corrected chi connectivity index (χ4v) is 4.03. The Balaban J connectivity index is 1.40. The second kappa shape index (κ2) is 9.36. The molecule has 2 heteroatoms. The molecule has 3 aromatic rings. The van der Waals surface area contributed by atoms with Crippen LogP contribution in [0.15, 0.2) is 84.0 Å². The van der Waals surface area contributed by atoms with E-state index >= 15 is 0 Å². The molecule has 2 nitrogen and oxygen atoms in total. The van der Waals surface area contributed by atoms with Crippen molar-refractivity contribution in [3.63, 3.8) is 0 Å². The lowest BCUT2D eigenvalue weighted by Gasteiger charge is -2.23. The average Bonchev–Trinajstić information content (AvgIpc) is 2.78. The van der Waals surface area contributed by atoms with Crippen LogP contribution in [0.3, 0.4) is 0 Å². The van der Waals surface area contributed by atoms with Crippen LogP contribution >= 0.6 is 0 Å². The van der Waals surface area contributed by atoms with Crippen LogP contribution in [0, 0.1) is 0 Å². The molecule has 141 valence electrons. The number of hydrogen-bond acceptors (Lipinski definition) is 2. The van der Waals surface area contributed by atoms with Gasteiger partial charge in [-0.25, -0.2) is 0 Å². The van der Waals surface area contributed by atoms with Crippen molar-refractivity contribution in [2.45, 2.75) is 44.6 Å². The molecule has 0 bridgehead atoms. The van der Waals surface area contributed by atoms with Gasteiger partial charge in [0.1, 0.15) is 12.8 Å². The van der Waals surface area contributed by atoms with Crippen LogP contribution in [-0.2, 0) is 11.4 Å². The van der Waals surface area contributed by atoms with Gasteiger partial charge < -0.3 is 4.84 Å². The molecular weight excluding hydrogens is 342 g/mol. The van der Waals surface area contributed by atoms with Gasteiger partial charge in [0.05, 0.1) is 0 Å². The van der Waals surface area contributed by atoms with Crippen molar-refractivity contribution in [3.05, 3.63) is 95.6 Å². The fourth-order valence-electron chi connectivity index (χ4n) is 4.03. The standard InChI is InChI=1S/C26H26NO/c1-3-11-22(12-4-1)24-16-9-10-21(18-24)20-28-27-19-25-15-7-8-17-26(25)23-13-5-2-6-14-23/h1,3-4,7-12,15-18,23H,2,5-6,13-14,20H2. The van der Waals surface area contributed by atoms with E-state index in [1.165, 1.54) is 48.8 Å². The van der Waals surface area contributed by atoms with Gasteiger partial charge in [0.15, 0.2) is 0 Å². The SMILES string of the molecule is [C](=N/OCc1cccc(-c2ccccc2)c1)/c1ccccc1C1CCCCC1. The van der Waals surface area contributed by atoms with E-state index in [1.54, 1.807) is 0 Å². The van der Waals surface area contributed by atoms with E-state index in [2.05, 4.69) is 78.1 Å². The quantitative estimate of drug-likeness (QED) is 0.345. The zero-order valence-electron chi connectivity index (χ0n) is 16.2. The maximum atomic E-state index is 5.57. The summed E-state index contributed by atoms with van der Waals surface area (Å²) in [6.45, 7) is 0.444. The normalized spacial score (nSPS) is 15.0. The van der Waals surface area contributed by atoms with Crippen molar-refractivity contribution >= 4 is 6.21 Å². The molecule has 3 aromatic carbocycles. The molecule has 0 atom stereocenters. The van der Waals surface area contributed by atoms with Crippen LogP contribution in [0.25, 0.3) is 11.1 Å². The van der Waals surface area contributed by atoms with Crippen molar-refractivity contribution in [3.8, 4) is 11.1 Å². The molecule has 0 saturated heterocycles. The maximum Gasteiger partial charge on any atom is 0.142 e. The summed E-state index contributed by atoms with van der Waals surface area (Å²) in [5, 5.41) is 4.14. The third-order valence-electron chi connectivity index (χ3n) is 5.50. The minimum atomic E-state index is 0.444. The number of hydrogen-bond donors (Lipinski definition) is 0. The zero-order valence-corrected chi connectivity index (χ0v) is 16.2. The van der Waals surface area contributed by atoms with Crippen LogP contribution in [-0.4, -0.2) is 6.21 Å². The minimum Gasteiger partial charge on any atom is -0.390 e. The van der Waals surface area contributed by atoms with E-state index in [4.69, 9.17) is 4.84 Å². The predicted octanol–water partition coefficient (Wildman–Crippen LogP) is 6.83. The highest BCUT2D eigenvalue weighted by molar-refractivity contribution is 5.81. The highest BCUT2D eigenvalue weighted by Gasteiger charge is 2.17. The Hall–Kier alpha value is -2.87. The largest absolute Gasteiger partial charge is 0.390 e. The minimum absolute atomic E-state index is 0.444. The first-order valence-corrected chi connectivity index (χ1v) is 10.2. The van der Waals surface area contributed by atoms with E-state index in [-0.39, 0.29) is 0 Å². The van der Waals surface area contributed by atoms with Crippen molar-refractivity contribution in [1.29, 1.82) is 0 Å². The molecule has 0 aliphatic heterocycles. The topological polar surface area (TPSA) is 21.6 Å². The number of benzene rings is 3. The predicted molar refractivity (Wildman–Crippen MR) is 115 cm³/mol. The molecule has 0 N–H and O–H groups in total. The van der Waals surface area contributed by atoms with Crippen molar-refractivity contribution in [1.82, 2.24) is 0 Å². The molecule has 0 unspecified atom stereocenters. The lowest BCUT2D eigenvalue weighted by atomic mass is 9.82. The van der Waals surface area contributed by atoms with Gasteiger partial charge in [0.2, 0.25) is 0 Å². The van der Waals surface area contributed by atoms with Gasteiger partial charge in [-0.3, -0.25) is 0 Å². The zero-order chi connectivity index (χ0) is 19.0. The molecule has 28 heavy (non-hydrogen) atoms. The van der Waals surface area contributed by atoms with Gasteiger partial charge >= 0.3 is 0 Å². The lowest BCUT2D eigenvalue weighted by molar-refractivity contribution is 0.132. The average molecular weight is 369 g/mol. The summed E-state index contributed by atoms with van der Waals surface area (Å²) >= 11 is 0. The highest BCUT2D eigenvalue weighted by Crippen LogP contribution is 2.33. The van der Waals surface area contributed by atoms with Crippen LogP contribution in [0.4, 0.5) is 0 Å². The Kier molecular flexibility index (Phi) is 6.18. The monoisotopic (exact) mass is 368 g/mol. The summed E-state index contributed by atoms with van der Waals surface area (Å²) in [5.74, 6) is 0.634. The van der Waals surface area contributed by atoms with Gasteiger partial charge in [0.25, 0.3) is 0 Å². The fraction of sp³-hybridized carbons (Fsp3) is 0.269. The molecule has 1 radical (unpaired) electrons. The first kappa shape index (κ1) is 18.5. The van der Waals surface area contributed by atoms with Crippen LogP contribution in [0.5, 0.6) is 0 Å². The van der Waals surface area contributed by atoms with Gasteiger partial charge in [-0.2, -0.15) is 0 Å². The first-order chi connectivity index (χ1) is 13.9. The molecular formula is C26H26NO. The first-order valence-electron chi connectivity index (χ1n) is 10.2. The molecule has 0 aromatic heterocycles. The molecule has 4 rings (SSSR count). The molecule has 0 spiro atoms. The second-order valence-corrected chi connectivity index (χ2v) is 7.47. The second-order valence-electron chi connectivity index (χ2n) is 7.47. The summed E-state index contributed by atoms with van der Waals surface area (Å²) in [4.78, 5) is 5.57. The highest BCUT2D eigenvalue weighted by atomic mass is 16.6. The molecule has 1 aliphatic rings. The van der Waals surface area contributed by atoms with E-state index < -0.39 is 0 Å². The van der Waals surface area contributed by atoms with Crippen LogP contribution in [0.1, 0.15) is 54.7 Å². The van der Waals surface area contributed by atoms with Gasteiger partial charge in [-0.15, -0.1) is 0 Å². The van der Waals surface area contributed by atoms with E-state index in [9.17, 15) is 0 Å². The summed E-state index contributed by atoms with van der Waals surface area (Å²) in [5.41, 5.74) is 5.93. The number of nitrogens with zero attached hydrogens (tertiary/aromatic N) is 1. The Morgan fingerprint density at radius 3 is 2.39 bits per heavy atom. The third kappa shape index (κ3) is 4.69. The third-order valence-corrected chi connectivity index (χ3v) is 5.50. The van der Waals surface area contributed by atoms with Crippen LogP contribution < -0.4 is 0 Å². The summed E-state index contributed by atoms with van der Waals surface area (Å²) in [6, 6.07) is 27.3. The van der Waals surface area contributed by atoms with E-state index in [0.29, 0.717) is 12.5 Å². The van der Waals surface area contributed by atoms with Gasteiger partial charge in [-0.05, 0) is 47.1 Å². The Bertz CT molecular complexity index is 910. The number of rotatable bonds is 6. The Morgan fingerprint density at radius 1 is 0.786 bits per heavy atom. The van der Waals surface area contributed by atoms with Gasteiger partial charge in [0, 0.05) is 5.56 Å². The van der Waals surface area contributed by atoms with E-state index in [0.717, 1.165) is 11.1 Å². The van der Waals surface area contributed by atoms with Crippen molar-refractivity contribution < 1.29 is 4.84 Å². The Morgan fingerprint density at radius 2 is 1.54 bits per heavy atom. The van der Waals surface area contributed by atoms with Crippen molar-refractivity contribution in [2.75, 3.05) is 0 Å². The summed E-state index contributed by atoms with van der Waals surface area (Å²) in [6.07, 6.45) is 9.68. The molecule has 0 amide bonds. The molecule has 1 aliphatic carbocycles. The maximum absolute atomic E-state index is 5.57. The Labute approximate surface area is 167 Å². The van der Waals surface area contributed by atoms with Crippen LogP contribution in [0.2, 0.25) is 0 Å². The molecule has 1 saturated carbocycles. The van der Waals surface area contributed by atoms with Gasteiger partial charge in [-0.1, -0.05) is 97.2 Å². The lowest BCUT2D eigenvalue weighted by Crippen LogP contribution is -2.07. The molecule has 1 fully saturated rings. The smallest absolute Gasteiger partial charge is 0.142 e. The summed E-state index contributed by atoms with van der Waals surface area (Å²) < 4.78 is 0. The van der Waals surface area contributed by atoms with E-state index in [1.807, 2.05) is 12.1 Å².